The van der Waals surface area contributed by atoms with Gasteiger partial charge in [0.25, 0.3) is 0 Å². The Hall–Kier alpha value is -2.12. The molecule has 0 saturated carbocycles. The van der Waals surface area contributed by atoms with E-state index in [1.807, 2.05) is 17.0 Å². The molecule has 0 spiro atoms. The van der Waals surface area contributed by atoms with Crippen molar-refractivity contribution >= 4 is 12.0 Å². The van der Waals surface area contributed by atoms with Gasteiger partial charge >= 0.3 is 0 Å². The second-order valence-electron chi connectivity index (χ2n) is 5.26. The van der Waals surface area contributed by atoms with Gasteiger partial charge in [-0.3, -0.25) is 4.79 Å². The second-order valence-corrected chi connectivity index (χ2v) is 5.26. The van der Waals surface area contributed by atoms with Crippen molar-refractivity contribution in [1.29, 1.82) is 5.26 Å². The monoisotopic (exact) mass is 284 g/mol. The van der Waals surface area contributed by atoms with E-state index in [4.69, 9.17) is 10.4 Å². The van der Waals surface area contributed by atoms with Gasteiger partial charge in [0.15, 0.2) is 0 Å². The van der Waals surface area contributed by atoms with E-state index in [0.29, 0.717) is 5.56 Å². The molecular weight excluding hydrogens is 264 g/mol. The van der Waals surface area contributed by atoms with Crippen LogP contribution < -0.4 is 0 Å². The summed E-state index contributed by atoms with van der Waals surface area (Å²) in [6.45, 7) is 0.965. The molecule has 1 aliphatic heterocycles. The third kappa shape index (κ3) is 4.17. The first kappa shape index (κ1) is 15.3. The molecule has 110 valence electrons. The first-order valence-corrected chi connectivity index (χ1v) is 7.34. The Morgan fingerprint density at radius 3 is 3.14 bits per heavy atom. The summed E-state index contributed by atoms with van der Waals surface area (Å²) in [4.78, 5) is 14.1. The van der Waals surface area contributed by atoms with Crippen LogP contribution in [0.25, 0.3) is 6.08 Å². The smallest absolute Gasteiger partial charge is 0.246 e. The summed E-state index contributed by atoms with van der Waals surface area (Å²) in [5, 5.41) is 17.8. The minimum atomic E-state index is 0.0119. The molecule has 4 nitrogen and oxygen atoms in total. The molecule has 1 atom stereocenters. The van der Waals surface area contributed by atoms with Gasteiger partial charge in [-0.2, -0.15) is 5.26 Å². The van der Waals surface area contributed by atoms with Gasteiger partial charge in [-0.1, -0.05) is 12.1 Å². The van der Waals surface area contributed by atoms with Crippen molar-refractivity contribution in [2.45, 2.75) is 31.7 Å². The normalized spacial score (nSPS) is 18.1. The molecule has 0 radical (unpaired) electrons. The highest BCUT2D eigenvalue weighted by Gasteiger charge is 2.26. The van der Waals surface area contributed by atoms with E-state index in [9.17, 15) is 4.79 Å². The van der Waals surface area contributed by atoms with E-state index in [-0.39, 0.29) is 18.6 Å². The lowest BCUT2D eigenvalue weighted by molar-refractivity contribution is -0.126. The number of rotatable bonds is 5. The van der Waals surface area contributed by atoms with Crippen LogP contribution in [0.3, 0.4) is 0 Å². The number of carbonyl (C=O) groups excluding carboxylic acids is 1. The third-order valence-corrected chi connectivity index (χ3v) is 3.79. The van der Waals surface area contributed by atoms with Crippen LogP contribution in [0.5, 0.6) is 0 Å². The van der Waals surface area contributed by atoms with E-state index in [0.717, 1.165) is 37.8 Å². The van der Waals surface area contributed by atoms with E-state index in [2.05, 4.69) is 6.07 Å². The van der Waals surface area contributed by atoms with Gasteiger partial charge in [0, 0.05) is 25.3 Å². The Labute approximate surface area is 125 Å². The van der Waals surface area contributed by atoms with Crippen molar-refractivity contribution in [1.82, 2.24) is 4.90 Å². The minimum Gasteiger partial charge on any atom is -0.396 e. The van der Waals surface area contributed by atoms with Gasteiger partial charge in [-0.15, -0.1) is 0 Å². The van der Waals surface area contributed by atoms with Crippen molar-refractivity contribution in [3.8, 4) is 6.07 Å². The molecule has 1 fully saturated rings. The van der Waals surface area contributed by atoms with Gasteiger partial charge < -0.3 is 10.0 Å². The standard InChI is InChI=1S/C17H20N2O2/c18-13-15-5-1-4-14(12-15)8-9-17(21)19-10-2-6-16(19)7-3-11-20/h1,4-5,8-9,12,16,20H,2-3,6-7,10-11H2/b9-8+. The number of amides is 1. The molecule has 1 aromatic carbocycles. The molecule has 1 saturated heterocycles. The second kappa shape index (κ2) is 7.61. The number of benzene rings is 1. The number of hydrogen-bond donors (Lipinski definition) is 1. The molecule has 1 amide bonds. The Morgan fingerprint density at radius 1 is 1.52 bits per heavy atom. The summed E-state index contributed by atoms with van der Waals surface area (Å²) >= 11 is 0. The Bertz CT molecular complexity index is 560. The van der Waals surface area contributed by atoms with Gasteiger partial charge in [-0.05, 0) is 49.5 Å². The number of likely N-dealkylation sites (tertiary alicyclic amines) is 1. The summed E-state index contributed by atoms with van der Waals surface area (Å²) in [7, 11) is 0. The van der Waals surface area contributed by atoms with Crippen molar-refractivity contribution in [2.75, 3.05) is 13.2 Å². The fraction of sp³-hybridized carbons (Fsp3) is 0.412. The van der Waals surface area contributed by atoms with Gasteiger partial charge in [0.1, 0.15) is 0 Å². The van der Waals surface area contributed by atoms with Gasteiger partial charge in [0.2, 0.25) is 5.91 Å². The van der Waals surface area contributed by atoms with Crippen LogP contribution in [0.4, 0.5) is 0 Å². The van der Waals surface area contributed by atoms with Crippen LogP contribution in [-0.2, 0) is 4.79 Å². The summed E-state index contributed by atoms with van der Waals surface area (Å²) in [5.41, 5.74) is 1.44. The molecular formula is C17H20N2O2. The maximum Gasteiger partial charge on any atom is 0.246 e. The summed E-state index contributed by atoms with van der Waals surface area (Å²) in [6, 6.07) is 9.52. The molecule has 4 heteroatoms. The minimum absolute atomic E-state index is 0.0119. The Morgan fingerprint density at radius 2 is 2.38 bits per heavy atom. The lowest BCUT2D eigenvalue weighted by atomic mass is 10.1. The van der Waals surface area contributed by atoms with Crippen molar-refractivity contribution < 1.29 is 9.90 Å². The van der Waals surface area contributed by atoms with E-state index >= 15 is 0 Å². The van der Waals surface area contributed by atoms with Gasteiger partial charge in [0.05, 0.1) is 11.6 Å². The first-order valence-electron chi connectivity index (χ1n) is 7.34. The highest BCUT2D eigenvalue weighted by atomic mass is 16.3. The molecule has 2 rings (SSSR count). The number of hydrogen-bond acceptors (Lipinski definition) is 3. The number of carbonyl (C=O) groups is 1. The fourth-order valence-corrected chi connectivity index (χ4v) is 2.73. The zero-order chi connectivity index (χ0) is 15.1. The van der Waals surface area contributed by atoms with Crippen LogP contribution in [0.15, 0.2) is 30.3 Å². The topological polar surface area (TPSA) is 64.3 Å². The van der Waals surface area contributed by atoms with Crippen LogP contribution in [0.1, 0.15) is 36.8 Å². The molecule has 1 aliphatic rings. The predicted molar refractivity (Wildman–Crippen MR) is 81.2 cm³/mol. The van der Waals surface area contributed by atoms with Crippen molar-refractivity contribution in [2.24, 2.45) is 0 Å². The highest BCUT2D eigenvalue weighted by molar-refractivity contribution is 5.92. The quantitative estimate of drug-likeness (QED) is 0.844. The lowest BCUT2D eigenvalue weighted by Crippen LogP contribution is -2.34. The largest absolute Gasteiger partial charge is 0.396 e. The summed E-state index contributed by atoms with van der Waals surface area (Å²) < 4.78 is 0. The molecule has 1 heterocycles. The van der Waals surface area contributed by atoms with E-state index < -0.39 is 0 Å². The number of aliphatic hydroxyl groups excluding tert-OH is 1. The maximum atomic E-state index is 12.3. The molecule has 1 unspecified atom stereocenters. The first-order chi connectivity index (χ1) is 10.2. The zero-order valence-electron chi connectivity index (χ0n) is 12.0. The molecule has 0 bridgehead atoms. The molecule has 21 heavy (non-hydrogen) atoms. The molecule has 1 aromatic rings. The van der Waals surface area contributed by atoms with Crippen LogP contribution in [0, 0.1) is 11.3 Å². The van der Waals surface area contributed by atoms with E-state index in [1.165, 1.54) is 0 Å². The predicted octanol–water partition coefficient (Wildman–Crippen LogP) is 2.33. The van der Waals surface area contributed by atoms with Crippen LogP contribution >= 0.6 is 0 Å². The molecule has 1 N–H and O–H groups in total. The number of aliphatic hydroxyl groups is 1. The van der Waals surface area contributed by atoms with Crippen molar-refractivity contribution in [3.05, 3.63) is 41.5 Å². The summed E-state index contributed by atoms with van der Waals surface area (Å²) in [5.74, 6) is 0.0119. The number of nitriles is 1. The summed E-state index contributed by atoms with van der Waals surface area (Å²) in [6.07, 6.45) is 6.98. The average molecular weight is 284 g/mol. The maximum absolute atomic E-state index is 12.3. The third-order valence-electron chi connectivity index (χ3n) is 3.79. The van der Waals surface area contributed by atoms with Crippen LogP contribution in [0.2, 0.25) is 0 Å². The lowest BCUT2D eigenvalue weighted by Gasteiger charge is -2.23. The number of nitrogens with zero attached hydrogens (tertiary/aromatic N) is 2. The SMILES string of the molecule is N#Cc1cccc(/C=C/C(=O)N2CCCC2CCCO)c1. The zero-order valence-corrected chi connectivity index (χ0v) is 12.0. The van der Waals surface area contributed by atoms with E-state index in [1.54, 1.807) is 24.3 Å². The Kier molecular flexibility index (Phi) is 5.53. The molecule has 0 aliphatic carbocycles. The Balaban J connectivity index is 1.99. The fourth-order valence-electron chi connectivity index (χ4n) is 2.73. The van der Waals surface area contributed by atoms with Crippen molar-refractivity contribution in [3.63, 3.8) is 0 Å². The molecule has 0 aromatic heterocycles. The van der Waals surface area contributed by atoms with Gasteiger partial charge in [-0.25, -0.2) is 0 Å². The highest BCUT2D eigenvalue weighted by Crippen LogP contribution is 2.21. The average Bonchev–Trinajstić information content (AvgIpc) is 2.99. The van der Waals surface area contributed by atoms with Crippen LogP contribution in [-0.4, -0.2) is 35.1 Å².